The predicted octanol–water partition coefficient (Wildman–Crippen LogP) is 15.7. The van der Waals surface area contributed by atoms with Gasteiger partial charge in [-0.2, -0.15) is 0 Å². The Bertz CT molecular complexity index is 893. The van der Waals surface area contributed by atoms with E-state index in [9.17, 15) is 19.8 Å². The summed E-state index contributed by atoms with van der Waals surface area (Å²) in [6.07, 6.45) is 52.8. The largest absolute Gasteiger partial charge is 0.462 e. The molecule has 0 rings (SSSR count). The number of esters is 1. The molecule has 0 aliphatic carbocycles. The third-order valence-electron chi connectivity index (χ3n) is 12.3. The number of carbonyl (C=O) groups excluding carboxylic acids is 2. The van der Waals surface area contributed by atoms with Crippen LogP contribution in [-0.4, -0.2) is 46.9 Å². The molecule has 0 radical (unpaired) electrons. The van der Waals surface area contributed by atoms with Gasteiger partial charge in [-0.05, 0) is 51.4 Å². The molecule has 350 valence electrons. The molecule has 0 aromatic heterocycles. The minimum atomic E-state index is -0.780. The van der Waals surface area contributed by atoms with E-state index in [-0.39, 0.29) is 24.9 Å². The number of amides is 1. The molecule has 0 saturated carbocycles. The van der Waals surface area contributed by atoms with Crippen LogP contribution >= 0.6 is 0 Å². The van der Waals surface area contributed by atoms with Crippen molar-refractivity contribution in [3.63, 3.8) is 0 Å². The Morgan fingerprint density at radius 2 is 0.814 bits per heavy atom. The van der Waals surface area contributed by atoms with Crippen LogP contribution in [0.1, 0.15) is 290 Å². The minimum Gasteiger partial charge on any atom is -0.462 e. The fourth-order valence-corrected chi connectivity index (χ4v) is 8.31. The molecule has 0 heterocycles. The van der Waals surface area contributed by atoms with E-state index in [2.05, 4.69) is 38.2 Å². The number of nitrogens with one attached hydrogen (secondary N) is 1. The lowest BCUT2D eigenvalue weighted by molar-refractivity contribution is -0.151. The van der Waals surface area contributed by atoms with Gasteiger partial charge in [0.05, 0.1) is 25.2 Å². The first-order chi connectivity index (χ1) is 29.0. The molecule has 3 N–H and O–H groups in total. The summed E-state index contributed by atoms with van der Waals surface area (Å²) in [5.41, 5.74) is 0. The highest BCUT2D eigenvalue weighted by atomic mass is 16.5. The summed E-state index contributed by atoms with van der Waals surface area (Å²) in [4.78, 5) is 26.1. The number of aliphatic hydroxyl groups is 2. The van der Waals surface area contributed by atoms with Gasteiger partial charge in [0.2, 0.25) is 5.91 Å². The van der Waals surface area contributed by atoms with Gasteiger partial charge in [0.25, 0.3) is 0 Å². The van der Waals surface area contributed by atoms with Crippen LogP contribution < -0.4 is 5.32 Å². The van der Waals surface area contributed by atoms with Gasteiger partial charge in [-0.15, -0.1) is 0 Å². The highest BCUT2D eigenvalue weighted by Crippen LogP contribution is 2.18. The van der Waals surface area contributed by atoms with E-state index in [0.717, 1.165) is 44.9 Å². The molecule has 0 aromatic carbocycles. The molecule has 6 heteroatoms. The predicted molar refractivity (Wildman–Crippen MR) is 255 cm³/mol. The van der Waals surface area contributed by atoms with E-state index in [4.69, 9.17) is 4.74 Å². The van der Waals surface area contributed by atoms with Gasteiger partial charge in [0.1, 0.15) is 6.10 Å². The number of carbonyl (C=O) groups is 2. The summed E-state index contributed by atoms with van der Waals surface area (Å²) in [6, 6.07) is -0.694. The van der Waals surface area contributed by atoms with Gasteiger partial charge >= 0.3 is 5.97 Å². The van der Waals surface area contributed by atoms with Crippen molar-refractivity contribution in [1.82, 2.24) is 5.32 Å². The van der Waals surface area contributed by atoms with Crippen molar-refractivity contribution in [1.29, 1.82) is 0 Å². The van der Waals surface area contributed by atoms with Gasteiger partial charge in [-0.25, -0.2) is 0 Å². The summed E-state index contributed by atoms with van der Waals surface area (Å²) in [6.45, 7) is 6.48. The number of aliphatic hydroxyl groups excluding tert-OH is 2. The van der Waals surface area contributed by atoms with Crippen molar-refractivity contribution in [3.05, 3.63) is 12.2 Å². The zero-order valence-electron chi connectivity index (χ0n) is 39.9. The second-order valence-corrected chi connectivity index (χ2v) is 18.3. The zero-order chi connectivity index (χ0) is 43.1. The van der Waals surface area contributed by atoms with Crippen LogP contribution in [0.5, 0.6) is 0 Å². The van der Waals surface area contributed by atoms with Crippen LogP contribution in [0.25, 0.3) is 0 Å². The van der Waals surface area contributed by atoms with Gasteiger partial charge < -0.3 is 20.3 Å². The molecule has 0 aliphatic rings. The maximum Gasteiger partial charge on any atom is 0.306 e. The highest BCUT2D eigenvalue weighted by Gasteiger charge is 2.24. The Morgan fingerprint density at radius 3 is 1.20 bits per heavy atom. The average molecular weight is 834 g/mol. The van der Waals surface area contributed by atoms with Gasteiger partial charge in [-0.3, -0.25) is 9.59 Å². The van der Waals surface area contributed by atoms with Crippen LogP contribution in [-0.2, 0) is 14.3 Å². The Labute approximate surface area is 368 Å². The maximum atomic E-state index is 13.2. The molecule has 0 fully saturated rings. The van der Waals surface area contributed by atoms with Crippen LogP contribution in [0, 0.1) is 0 Å². The summed E-state index contributed by atoms with van der Waals surface area (Å²) in [5, 5.41) is 23.7. The highest BCUT2D eigenvalue weighted by molar-refractivity contribution is 5.77. The van der Waals surface area contributed by atoms with Gasteiger partial charge in [0.15, 0.2) is 0 Å². The summed E-state index contributed by atoms with van der Waals surface area (Å²) in [5.74, 6) is -0.461. The summed E-state index contributed by atoms with van der Waals surface area (Å²) < 4.78 is 5.93. The monoisotopic (exact) mass is 834 g/mol. The first-order valence-corrected chi connectivity index (χ1v) is 26.4. The number of hydrogen-bond donors (Lipinski definition) is 3. The molecular formula is C53H103NO5. The molecule has 6 nitrogen and oxygen atoms in total. The minimum absolute atomic E-state index is 0.0834. The molecule has 3 unspecified atom stereocenters. The maximum absolute atomic E-state index is 13.2. The first kappa shape index (κ1) is 57.6. The quantitative estimate of drug-likeness (QED) is 0.0322. The van der Waals surface area contributed by atoms with E-state index in [1.165, 1.54) is 199 Å². The zero-order valence-corrected chi connectivity index (χ0v) is 39.9. The number of rotatable bonds is 48. The number of ether oxygens (including phenoxy) is 1. The van der Waals surface area contributed by atoms with Crippen molar-refractivity contribution in [2.75, 3.05) is 6.61 Å². The van der Waals surface area contributed by atoms with Crippen LogP contribution in [0.15, 0.2) is 12.2 Å². The van der Waals surface area contributed by atoms with Crippen molar-refractivity contribution in [2.45, 2.75) is 309 Å². The second-order valence-electron chi connectivity index (χ2n) is 18.3. The number of hydrogen-bond acceptors (Lipinski definition) is 5. The fraction of sp³-hybridized carbons (Fsp3) is 0.925. The molecule has 0 saturated heterocycles. The average Bonchev–Trinajstić information content (AvgIpc) is 3.23. The van der Waals surface area contributed by atoms with Crippen LogP contribution in [0.3, 0.4) is 0 Å². The first-order valence-electron chi connectivity index (χ1n) is 26.4. The lowest BCUT2D eigenvalue weighted by Crippen LogP contribution is -2.46. The molecule has 0 aliphatic heterocycles. The normalized spacial score (nSPS) is 13.2. The summed E-state index contributed by atoms with van der Waals surface area (Å²) >= 11 is 0. The van der Waals surface area contributed by atoms with Crippen molar-refractivity contribution >= 4 is 11.9 Å². The molecular weight excluding hydrogens is 731 g/mol. The fourth-order valence-electron chi connectivity index (χ4n) is 8.31. The lowest BCUT2D eigenvalue weighted by Gasteiger charge is -2.24. The lowest BCUT2D eigenvalue weighted by atomic mass is 10.0. The summed E-state index contributed by atoms with van der Waals surface area (Å²) in [7, 11) is 0. The smallest absolute Gasteiger partial charge is 0.306 e. The van der Waals surface area contributed by atoms with Crippen molar-refractivity contribution in [3.8, 4) is 0 Å². The Balaban J connectivity index is 4.38. The second kappa shape index (κ2) is 47.6. The molecule has 0 bridgehead atoms. The SMILES string of the molecule is CCCCCCCC/C=C/CCCCCCCCCCCC(=O)OC(CCCCCCCCCCC)CC(=O)NC(CO)C(O)CCCCCCCCCCCCCC. The van der Waals surface area contributed by atoms with E-state index in [1.807, 2.05) is 0 Å². The Hall–Kier alpha value is -1.40. The third kappa shape index (κ3) is 43.1. The topological polar surface area (TPSA) is 95.9 Å². The van der Waals surface area contributed by atoms with Gasteiger partial charge in [0, 0.05) is 6.42 Å². The van der Waals surface area contributed by atoms with Crippen molar-refractivity contribution < 1.29 is 24.5 Å². The van der Waals surface area contributed by atoms with E-state index >= 15 is 0 Å². The standard InChI is InChI=1S/C53H103NO5/c1-4-7-10-13-16-19-21-23-24-25-26-27-28-29-31-34-37-40-43-46-53(58)59-49(44-41-38-35-32-18-15-12-9-6-3)47-52(57)54-50(48-55)51(56)45-42-39-36-33-30-22-20-17-14-11-8-5-2/h23-24,49-51,55-56H,4-22,25-48H2,1-3H3,(H,54,57)/b24-23+. The number of unbranched alkanes of at least 4 members (excludes halogenated alkanes) is 34. The Kier molecular flexibility index (Phi) is 46.5. The Morgan fingerprint density at radius 1 is 0.475 bits per heavy atom. The van der Waals surface area contributed by atoms with E-state index in [1.54, 1.807) is 0 Å². The van der Waals surface area contributed by atoms with E-state index < -0.39 is 18.2 Å². The van der Waals surface area contributed by atoms with Crippen LogP contribution in [0.4, 0.5) is 0 Å². The molecule has 3 atom stereocenters. The molecule has 59 heavy (non-hydrogen) atoms. The molecule has 0 aromatic rings. The number of allylic oxidation sites excluding steroid dienone is 2. The van der Waals surface area contributed by atoms with E-state index in [0.29, 0.717) is 19.3 Å². The molecule has 1 amide bonds. The van der Waals surface area contributed by atoms with Crippen molar-refractivity contribution in [2.24, 2.45) is 0 Å². The third-order valence-corrected chi connectivity index (χ3v) is 12.3. The molecule has 0 spiro atoms. The van der Waals surface area contributed by atoms with Crippen LogP contribution in [0.2, 0.25) is 0 Å². The van der Waals surface area contributed by atoms with Gasteiger partial charge in [-0.1, -0.05) is 238 Å².